The molecule has 0 fully saturated rings. The number of rotatable bonds is 8. The van der Waals surface area contributed by atoms with E-state index in [1.165, 1.54) is 19.3 Å². The zero-order chi connectivity index (χ0) is 15.6. The van der Waals surface area contributed by atoms with Crippen LogP contribution in [0.15, 0.2) is 48.8 Å². The van der Waals surface area contributed by atoms with Crippen LogP contribution in [0.5, 0.6) is 5.75 Å². The van der Waals surface area contributed by atoms with Gasteiger partial charge in [-0.25, -0.2) is 0 Å². The topological polar surface area (TPSA) is 51.2 Å². The van der Waals surface area contributed by atoms with Crippen molar-refractivity contribution in [2.75, 3.05) is 11.9 Å². The number of carbonyl (C=O) groups is 1. The fraction of sp³-hybridized carbons (Fsp3) is 0.333. The summed E-state index contributed by atoms with van der Waals surface area (Å²) in [6.07, 6.45) is 7.97. The third-order valence-corrected chi connectivity index (χ3v) is 3.32. The first kappa shape index (κ1) is 16.0. The van der Waals surface area contributed by atoms with Gasteiger partial charge >= 0.3 is 0 Å². The molecule has 0 aliphatic carbocycles. The van der Waals surface area contributed by atoms with E-state index in [1.54, 1.807) is 24.5 Å². The van der Waals surface area contributed by atoms with Gasteiger partial charge in [0, 0.05) is 23.6 Å². The molecule has 22 heavy (non-hydrogen) atoms. The van der Waals surface area contributed by atoms with E-state index in [-0.39, 0.29) is 5.91 Å². The smallest absolute Gasteiger partial charge is 0.255 e. The molecule has 0 unspecified atom stereocenters. The van der Waals surface area contributed by atoms with Gasteiger partial charge in [-0.15, -0.1) is 0 Å². The predicted molar refractivity (Wildman–Crippen MR) is 88.3 cm³/mol. The molecule has 4 heteroatoms. The summed E-state index contributed by atoms with van der Waals surface area (Å²) >= 11 is 0. The lowest BCUT2D eigenvalue weighted by Gasteiger charge is -2.08. The molecule has 0 saturated carbocycles. The lowest BCUT2D eigenvalue weighted by atomic mass is 10.2. The fourth-order valence-electron chi connectivity index (χ4n) is 2.06. The lowest BCUT2D eigenvalue weighted by Crippen LogP contribution is -2.11. The summed E-state index contributed by atoms with van der Waals surface area (Å²) in [6.45, 7) is 2.93. The van der Waals surface area contributed by atoms with Crippen LogP contribution in [0.25, 0.3) is 0 Å². The minimum atomic E-state index is -0.143. The van der Waals surface area contributed by atoms with Gasteiger partial charge in [-0.1, -0.05) is 26.2 Å². The molecule has 0 aliphatic heterocycles. The highest BCUT2D eigenvalue weighted by Crippen LogP contribution is 2.17. The third-order valence-electron chi connectivity index (χ3n) is 3.32. The summed E-state index contributed by atoms with van der Waals surface area (Å²) in [5.74, 6) is 0.689. The highest BCUT2D eigenvalue weighted by atomic mass is 16.5. The average molecular weight is 298 g/mol. The average Bonchev–Trinajstić information content (AvgIpc) is 2.57. The SMILES string of the molecule is CCCCCCOc1ccc(NC(=O)c2ccncc2)cc1. The summed E-state index contributed by atoms with van der Waals surface area (Å²) in [7, 11) is 0. The van der Waals surface area contributed by atoms with Crippen molar-refractivity contribution in [2.24, 2.45) is 0 Å². The van der Waals surface area contributed by atoms with Crippen LogP contribution in [0.4, 0.5) is 5.69 Å². The molecule has 4 nitrogen and oxygen atoms in total. The summed E-state index contributed by atoms with van der Waals surface area (Å²) in [5, 5.41) is 2.85. The normalized spacial score (nSPS) is 10.2. The Morgan fingerprint density at radius 3 is 2.45 bits per heavy atom. The maximum atomic E-state index is 12.0. The van der Waals surface area contributed by atoms with Gasteiger partial charge in [-0.05, 0) is 42.8 Å². The van der Waals surface area contributed by atoms with Crippen molar-refractivity contribution in [1.82, 2.24) is 4.98 Å². The largest absolute Gasteiger partial charge is 0.494 e. The Morgan fingerprint density at radius 1 is 1.05 bits per heavy atom. The van der Waals surface area contributed by atoms with Crippen molar-refractivity contribution in [3.8, 4) is 5.75 Å². The van der Waals surface area contributed by atoms with E-state index < -0.39 is 0 Å². The standard InChI is InChI=1S/C18H22N2O2/c1-2-3-4-5-14-22-17-8-6-16(7-9-17)20-18(21)15-10-12-19-13-11-15/h6-13H,2-5,14H2,1H3,(H,20,21). The zero-order valence-electron chi connectivity index (χ0n) is 12.9. The van der Waals surface area contributed by atoms with E-state index >= 15 is 0 Å². The Labute approximate surface area is 131 Å². The number of nitrogens with zero attached hydrogens (tertiary/aromatic N) is 1. The highest BCUT2D eigenvalue weighted by Gasteiger charge is 2.05. The fourth-order valence-corrected chi connectivity index (χ4v) is 2.06. The van der Waals surface area contributed by atoms with E-state index in [0.717, 1.165) is 24.5 Å². The molecule has 1 aromatic heterocycles. The second kappa shape index (κ2) is 8.82. The number of amides is 1. The van der Waals surface area contributed by atoms with Gasteiger partial charge in [0.25, 0.3) is 5.91 Å². The molecule has 0 atom stereocenters. The number of pyridine rings is 1. The molecule has 2 rings (SSSR count). The number of anilines is 1. The Bertz CT molecular complexity index is 567. The van der Waals surface area contributed by atoms with Gasteiger partial charge in [0.1, 0.15) is 5.75 Å². The van der Waals surface area contributed by atoms with Crippen LogP contribution in [0.3, 0.4) is 0 Å². The number of hydrogen-bond donors (Lipinski definition) is 1. The Balaban J connectivity index is 1.80. The number of hydrogen-bond acceptors (Lipinski definition) is 3. The number of nitrogens with one attached hydrogen (secondary N) is 1. The van der Waals surface area contributed by atoms with Crippen LogP contribution in [0.1, 0.15) is 43.0 Å². The van der Waals surface area contributed by atoms with Gasteiger partial charge in [-0.3, -0.25) is 9.78 Å². The quantitative estimate of drug-likeness (QED) is 0.739. The number of ether oxygens (including phenoxy) is 1. The van der Waals surface area contributed by atoms with E-state index in [9.17, 15) is 4.79 Å². The molecule has 0 radical (unpaired) electrons. The molecule has 2 aromatic rings. The first-order valence-corrected chi connectivity index (χ1v) is 7.74. The maximum Gasteiger partial charge on any atom is 0.255 e. The van der Waals surface area contributed by atoms with Gasteiger partial charge in [0.2, 0.25) is 0 Å². The molecule has 1 heterocycles. The molecule has 116 valence electrons. The van der Waals surface area contributed by atoms with Crippen LogP contribution < -0.4 is 10.1 Å². The van der Waals surface area contributed by atoms with Crippen LogP contribution in [-0.2, 0) is 0 Å². The Hall–Kier alpha value is -2.36. The van der Waals surface area contributed by atoms with Crippen molar-refractivity contribution in [1.29, 1.82) is 0 Å². The molecule has 0 aliphatic rings. The van der Waals surface area contributed by atoms with Gasteiger partial charge < -0.3 is 10.1 Å². The molecule has 0 saturated heterocycles. The van der Waals surface area contributed by atoms with Crippen molar-refractivity contribution < 1.29 is 9.53 Å². The summed E-state index contributed by atoms with van der Waals surface area (Å²) < 4.78 is 5.68. The molecular formula is C18H22N2O2. The Kier molecular flexibility index (Phi) is 6.42. The van der Waals surface area contributed by atoms with Crippen LogP contribution in [0, 0.1) is 0 Å². The van der Waals surface area contributed by atoms with Crippen molar-refractivity contribution in [2.45, 2.75) is 32.6 Å². The van der Waals surface area contributed by atoms with Crippen LogP contribution in [0.2, 0.25) is 0 Å². The molecular weight excluding hydrogens is 276 g/mol. The second-order valence-electron chi connectivity index (χ2n) is 5.12. The molecule has 1 aromatic carbocycles. The predicted octanol–water partition coefficient (Wildman–Crippen LogP) is 4.29. The molecule has 0 bridgehead atoms. The van der Waals surface area contributed by atoms with Crippen molar-refractivity contribution in [3.05, 3.63) is 54.4 Å². The second-order valence-corrected chi connectivity index (χ2v) is 5.12. The van der Waals surface area contributed by atoms with Crippen LogP contribution in [-0.4, -0.2) is 17.5 Å². The van der Waals surface area contributed by atoms with E-state index in [4.69, 9.17) is 4.74 Å². The van der Waals surface area contributed by atoms with Gasteiger partial charge in [0.05, 0.1) is 6.61 Å². The third kappa shape index (κ3) is 5.20. The number of aromatic nitrogens is 1. The van der Waals surface area contributed by atoms with E-state index in [0.29, 0.717) is 5.56 Å². The summed E-state index contributed by atoms with van der Waals surface area (Å²) in [6, 6.07) is 10.8. The molecule has 1 N–H and O–H groups in total. The molecule has 1 amide bonds. The highest BCUT2D eigenvalue weighted by molar-refractivity contribution is 6.04. The van der Waals surface area contributed by atoms with E-state index in [2.05, 4.69) is 17.2 Å². The first-order chi connectivity index (χ1) is 10.8. The van der Waals surface area contributed by atoms with E-state index in [1.807, 2.05) is 24.3 Å². The number of carbonyl (C=O) groups excluding carboxylic acids is 1. The minimum Gasteiger partial charge on any atom is -0.494 e. The Morgan fingerprint density at radius 2 is 1.77 bits per heavy atom. The van der Waals surface area contributed by atoms with Crippen molar-refractivity contribution in [3.63, 3.8) is 0 Å². The summed E-state index contributed by atoms with van der Waals surface area (Å²) in [5.41, 5.74) is 1.34. The minimum absolute atomic E-state index is 0.143. The van der Waals surface area contributed by atoms with Gasteiger partial charge in [-0.2, -0.15) is 0 Å². The summed E-state index contributed by atoms with van der Waals surface area (Å²) in [4.78, 5) is 15.9. The van der Waals surface area contributed by atoms with Gasteiger partial charge in [0.15, 0.2) is 0 Å². The zero-order valence-corrected chi connectivity index (χ0v) is 12.9. The monoisotopic (exact) mass is 298 g/mol. The lowest BCUT2D eigenvalue weighted by molar-refractivity contribution is 0.102. The number of benzene rings is 1. The van der Waals surface area contributed by atoms with Crippen LogP contribution >= 0.6 is 0 Å². The number of unbranched alkanes of at least 4 members (excludes halogenated alkanes) is 3. The first-order valence-electron chi connectivity index (χ1n) is 7.74. The van der Waals surface area contributed by atoms with Crippen molar-refractivity contribution >= 4 is 11.6 Å². The maximum absolute atomic E-state index is 12.0. The molecule has 0 spiro atoms.